The largest absolute Gasteiger partial charge is 0.306 e. The lowest BCUT2D eigenvalue weighted by molar-refractivity contribution is -0.122. The van der Waals surface area contributed by atoms with E-state index in [1.807, 2.05) is 31.3 Å². The molecule has 3 aliphatic heterocycles. The Morgan fingerprint density at radius 2 is 1.94 bits per heavy atom. The third-order valence-corrected chi connectivity index (χ3v) is 6.71. The Bertz CT molecular complexity index is 1220. The number of allylic oxidation sites excluding steroid dienone is 7. The van der Waals surface area contributed by atoms with Crippen LogP contribution >= 0.6 is 0 Å². The molecule has 0 unspecified atom stereocenters. The first-order valence-corrected chi connectivity index (χ1v) is 11.5. The smallest absolute Gasteiger partial charge is 0.255 e. The molecule has 2 aromatic heterocycles. The average Bonchev–Trinajstić information content (AvgIpc) is 3.17. The average molecular weight is 427 g/mol. The highest BCUT2D eigenvalue weighted by Gasteiger charge is 2.24. The zero-order valence-electron chi connectivity index (χ0n) is 19.1. The quantitative estimate of drug-likeness (QED) is 0.716. The van der Waals surface area contributed by atoms with Crippen LogP contribution in [0.1, 0.15) is 36.6 Å². The second kappa shape index (κ2) is 8.40. The molecule has 0 aromatic carbocycles. The first-order chi connectivity index (χ1) is 15.5. The van der Waals surface area contributed by atoms with E-state index in [1.165, 1.54) is 11.1 Å². The maximum atomic E-state index is 13.4. The van der Waals surface area contributed by atoms with Gasteiger partial charge in [-0.2, -0.15) is 0 Å². The highest BCUT2D eigenvalue weighted by Crippen LogP contribution is 2.31. The van der Waals surface area contributed by atoms with Gasteiger partial charge in [-0.1, -0.05) is 25.2 Å². The summed E-state index contributed by atoms with van der Waals surface area (Å²) in [4.78, 5) is 22.2. The Kier molecular flexibility index (Phi) is 5.43. The number of nitrogens with zero attached hydrogens (tertiary/aromatic N) is 4. The molecule has 2 aromatic rings. The van der Waals surface area contributed by atoms with Crippen molar-refractivity contribution in [2.24, 2.45) is 5.92 Å². The van der Waals surface area contributed by atoms with Gasteiger partial charge in [0.25, 0.3) is 5.91 Å². The van der Waals surface area contributed by atoms with Gasteiger partial charge in [-0.15, -0.1) is 0 Å². The second-order valence-corrected chi connectivity index (χ2v) is 9.02. The minimum atomic E-state index is -0.00895. The van der Waals surface area contributed by atoms with Crippen molar-refractivity contribution in [1.82, 2.24) is 19.2 Å². The Morgan fingerprint density at radius 3 is 2.72 bits per heavy atom. The lowest BCUT2D eigenvalue weighted by Gasteiger charge is -2.32. The summed E-state index contributed by atoms with van der Waals surface area (Å²) in [6.07, 6.45) is 21.4. The zero-order chi connectivity index (χ0) is 22.2. The minimum absolute atomic E-state index is 0.00895. The van der Waals surface area contributed by atoms with Gasteiger partial charge in [0.2, 0.25) is 0 Å². The molecule has 32 heavy (non-hydrogen) atoms. The van der Waals surface area contributed by atoms with Gasteiger partial charge in [-0.3, -0.25) is 9.69 Å². The number of fused-ring (bicyclic) bond motifs is 2. The molecule has 1 saturated heterocycles. The zero-order valence-corrected chi connectivity index (χ0v) is 19.1. The van der Waals surface area contributed by atoms with Crippen molar-refractivity contribution in [2.75, 3.05) is 20.1 Å². The molecule has 0 N–H and O–H groups in total. The van der Waals surface area contributed by atoms with E-state index in [1.54, 1.807) is 11.0 Å². The fourth-order valence-corrected chi connectivity index (χ4v) is 4.83. The molecule has 5 rings (SSSR count). The summed E-state index contributed by atoms with van der Waals surface area (Å²) in [6, 6.07) is 2.16. The monoisotopic (exact) mass is 426 g/mol. The Balaban J connectivity index is 1.49. The highest BCUT2D eigenvalue weighted by molar-refractivity contribution is 6.00. The summed E-state index contributed by atoms with van der Waals surface area (Å²) in [5.74, 6) is 0.505. The molecule has 3 aliphatic rings. The van der Waals surface area contributed by atoms with Crippen LogP contribution < -0.4 is 0 Å². The van der Waals surface area contributed by atoms with Crippen molar-refractivity contribution in [1.29, 1.82) is 0 Å². The summed E-state index contributed by atoms with van der Waals surface area (Å²) in [6.45, 7) is 6.36. The second-order valence-electron chi connectivity index (χ2n) is 9.02. The SMILES string of the molecule is CCc1cc(C2=CC(=O)N3C=C(C4CCN(C)CC4)C=C/C3=C\C=C2)cn2cc(C)nc12. The Labute approximate surface area is 189 Å². The van der Waals surface area contributed by atoms with Crippen molar-refractivity contribution >= 4 is 17.1 Å². The topological polar surface area (TPSA) is 40.9 Å². The van der Waals surface area contributed by atoms with Gasteiger partial charge >= 0.3 is 0 Å². The number of piperidine rings is 1. The van der Waals surface area contributed by atoms with E-state index in [0.717, 1.165) is 60.5 Å². The van der Waals surface area contributed by atoms with E-state index in [9.17, 15) is 4.79 Å². The standard InChI is InChI=1S/C27H30N4O/c1-4-20-14-24(17-30-16-19(2)28-27(20)30)22-6-5-7-25-9-8-23(18-31(25)26(32)15-22)21-10-12-29(3)13-11-21/h5-9,14-18,21H,4,10-13H2,1-3H3/b6-5?,22-15?,25-7+. The van der Waals surface area contributed by atoms with Crippen molar-refractivity contribution in [3.05, 3.63) is 89.2 Å². The lowest BCUT2D eigenvalue weighted by Crippen LogP contribution is -2.32. The first-order valence-electron chi connectivity index (χ1n) is 11.5. The number of aromatic nitrogens is 2. The number of hydrogen-bond donors (Lipinski definition) is 0. The molecular formula is C27H30N4O. The summed E-state index contributed by atoms with van der Waals surface area (Å²) in [5.41, 5.74) is 7.28. The number of rotatable bonds is 3. The highest BCUT2D eigenvalue weighted by atomic mass is 16.2. The van der Waals surface area contributed by atoms with E-state index in [2.05, 4.69) is 58.9 Å². The van der Waals surface area contributed by atoms with Crippen LogP contribution in [0.3, 0.4) is 0 Å². The van der Waals surface area contributed by atoms with E-state index in [0.29, 0.717) is 5.92 Å². The van der Waals surface area contributed by atoms with Crippen LogP contribution in [0.2, 0.25) is 0 Å². The maximum Gasteiger partial charge on any atom is 0.255 e. The number of pyridine rings is 1. The van der Waals surface area contributed by atoms with Gasteiger partial charge in [0.05, 0.1) is 5.69 Å². The Hall–Kier alpha value is -3.18. The first kappa shape index (κ1) is 20.7. The summed E-state index contributed by atoms with van der Waals surface area (Å²) in [7, 11) is 2.18. The van der Waals surface area contributed by atoms with Crippen molar-refractivity contribution in [2.45, 2.75) is 33.1 Å². The molecule has 164 valence electrons. The van der Waals surface area contributed by atoms with E-state index >= 15 is 0 Å². The summed E-state index contributed by atoms with van der Waals surface area (Å²) < 4.78 is 2.07. The van der Waals surface area contributed by atoms with Crippen molar-refractivity contribution < 1.29 is 4.79 Å². The Morgan fingerprint density at radius 1 is 1.12 bits per heavy atom. The number of amides is 1. The van der Waals surface area contributed by atoms with Crippen LogP contribution in [0.4, 0.5) is 0 Å². The van der Waals surface area contributed by atoms with Crippen LogP contribution in [0, 0.1) is 12.8 Å². The third-order valence-electron chi connectivity index (χ3n) is 6.71. The molecule has 0 atom stereocenters. The molecule has 5 heterocycles. The number of imidazole rings is 1. The minimum Gasteiger partial charge on any atom is -0.306 e. The van der Waals surface area contributed by atoms with E-state index < -0.39 is 0 Å². The molecule has 5 nitrogen and oxygen atoms in total. The fourth-order valence-electron chi connectivity index (χ4n) is 4.83. The van der Waals surface area contributed by atoms with Gasteiger partial charge in [0.1, 0.15) is 5.65 Å². The lowest BCUT2D eigenvalue weighted by atomic mass is 9.88. The van der Waals surface area contributed by atoms with Crippen molar-refractivity contribution in [3.63, 3.8) is 0 Å². The van der Waals surface area contributed by atoms with Gasteiger partial charge in [0.15, 0.2) is 0 Å². The molecule has 0 radical (unpaired) electrons. The molecular weight excluding hydrogens is 396 g/mol. The fraction of sp³-hybridized carbons (Fsp3) is 0.333. The molecule has 1 fully saturated rings. The third kappa shape index (κ3) is 3.89. The van der Waals surface area contributed by atoms with Crippen LogP contribution in [-0.2, 0) is 11.2 Å². The maximum absolute atomic E-state index is 13.4. The number of hydrogen-bond acceptors (Lipinski definition) is 3. The molecule has 0 bridgehead atoms. The predicted molar refractivity (Wildman–Crippen MR) is 129 cm³/mol. The molecule has 0 spiro atoms. The van der Waals surface area contributed by atoms with Crippen LogP contribution in [-0.4, -0.2) is 45.2 Å². The summed E-state index contributed by atoms with van der Waals surface area (Å²) in [5, 5.41) is 0. The van der Waals surface area contributed by atoms with Gasteiger partial charge in [0, 0.05) is 30.4 Å². The van der Waals surface area contributed by atoms with Gasteiger partial charge in [-0.25, -0.2) is 4.98 Å². The van der Waals surface area contributed by atoms with Crippen LogP contribution in [0.25, 0.3) is 11.2 Å². The number of carbonyl (C=O) groups is 1. The molecule has 0 aliphatic carbocycles. The molecule has 5 heteroatoms. The predicted octanol–water partition coefficient (Wildman–Crippen LogP) is 4.67. The molecule has 1 amide bonds. The van der Waals surface area contributed by atoms with Crippen LogP contribution in [0.5, 0.6) is 0 Å². The van der Waals surface area contributed by atoms with Gasteiger partial charge in [-0.05, 0) is 92.7 Å². The van der Waals surface area contributed by atoms with E-state index in [4.69, 9.17) is 0 Å². The number of aryl methyl sites for hydroxylation is 2. The van der Waals surface area contributed by atoms with Crippen molar-refractivity contribution in [3.8, 4) is 0 Å². The molecule has 0 saturated carbocycles. The number of carbonyl (C=O) groups excluding carboxylic acids is 1. The normalized spacial score (nSPS) is 21.7. The summed E-state index contributed by atoms with van der Waals surface area (Å²) >= 11 is 0. The van der Waals surface area contributed by atoms with Crippen LogP contribution in [0.15, 0.2) is 72.4 Å². The van der Waals surface area contributed by atoms with Gasteiger partial charge < -0.3 is 9.30 Å². The number of likely N-dealkylation sites (tertiary alicyclic amines) is 1. The van der Waals surface area contributed by atoms with E-state index in [-0.39, 0.29) is 5.91 Å².